The molecule has 0 bridgehead atoms. The number of hydrogen-bond donors (Lipinski definition) is 4. The van der Waals surface area contributed by atoms with Crippen molar-refractivity contribution in [2.75, 3.05) is 112 Å². The third kappa shape index (κ3) is 44.9. The number of hydrogen-bond acceptors (Lipinski definition) is 13. The summed E-state index contributed by atoms with van der Waals surface area (Å²) in [7, 11) is 1.99. The van der Waals surface area contributed by atoms with Crippen molar-refractivity contribution >= 4 is 35.8 Å². The highest BCUT2D eigenvalue weighted by molar-refractivity contribution is 5.78. The van der Waals surface area contributed by atoms with Crippen molar-refractivity contribution in [2.24, 2.45) is 0 Å². The quantitative estimate of drug-likeness (QED) is 0.0255. The van der Waals surface area contributed by atoms with E-state index in [4.69, 9.17) is 9.47 Å². The number of ether oxygens (including phenoxy) is 2. The molecule has 4 N–H and O–H groups in total. The summed E-state index contributed by atoms with van der Waals surface area (Å²) in [6, 6.07) is 0. The molecule has 0 spiro atoms. The summed E-state index contributed by atoms with van der Waals surface area (Å²) in [5.74, 6) is -3.68. The number of esters is 2. The first-order chi connectivity index (χ1) is 36.3. The molecule has 0 aromatic heterocycles. The molecule has 1 heterocycles. The lowest BCUT2D eigenvalue weighted by atomic mass is 10.1. The average Bonchev–Trinajstić information content (AvgIpc) is 3.36. The summed E-state index contributed by atoms with van der Waals surface area (Å²) in [5.41, 5.74) is 0. The third-order valence-corrected chi connectivity index (χ3v) is 13.7. The topological polar surface area (TPSA) is 210 Å². The minimum absolute atomic E-state index is 0.0391. The number of likely N-dealkylation sites (N-methyl/N-ethyl adjacent to an activating group) is 1. The molecule has 1 aliphatic heterocycles. The molecule has 434 valence electrons. The summed E-state index contributed by atoms with van der Waals surface area (Å²) < 4.78 is 11.6. The van der Waals surface area contributed by atoms with Crippen LogP contribution in [0, 0.1) is 0 Å². The van der Waals surface area contributed by atoms with Crippen molar-refractivity contribution < 1.29 is 53.6 Å². The molecule has 0 aromatic rings. The fourth-order valence-corrected chi connectivity index (χ4v) is 9.17. The normalized spacial score (nSPS) is 15.3. The molecule has 17 nitrogen and oxygen atoms in total. The number of aliphatic carboxylic acids is 3. The van der Waals surface area contributed by atoms with Gasteiger partial charge in [-0.05, 0) is 90.6 Å². The summed E-state index contributed by atoms with van der Waals surface area (Å²) in [5, 5.41) is 31.4. The highest BCUT2D eigenvalue weighted by Gasteiger charge is 2.22. The van der Waals surface area contributed by atoms with Crippen molar-refractivity contribution in [2.45, 2.75) is 200 Å². The van der Waals surface area contributed by atoms with E-state index in [1.165, 1.54) is 77.0 Å². The second kappa shape index (κ2) is 48.5. The number of unbranched alkanes of at least 4 members (excludes halogenated alkanes) is 21. The largest absolute Gasteiger partial charge is 0.480 e. The Bertz CT molecular complexity index is 1520. The van der Waals surface area contributed by atoms with Gasteiger partial charge in [-0.3, -0.25) is 48.4 Å². The second-order valence-electron chi connectivity index (χ2n) is 20.9. The van der Waals surface area contributed by atoms with Crippen LogP contribution in [0.2, 0.25) is 0 Å². The van der Waals surface area contributed by atoms with Crippen LogP contribution in [0.3, 0.4) is 0 Å². The Morgan fingerprint density at radius 1 is 0.480 bits per heavy atom. The van der Waals surface area contributed by atoms with Crippen LogP contribution in [-0.4, -0.2) is 194 Å². The number of carboxylic acid groups (broad SMARTS) is 3. The molecule has 1 amide bonds. The van der Waals surface area contributed by atoms with Crippen molar-refractivity contribution in [3.63, 3.8) is 0 Å². The Labute approximate surface area is 453 Å². The minimum Gasteiger partial charge on any atom is -0.480 e. The molecule has 0 aromatic carbocycles. The van der Waals surface area contributed by atoms with Gasteiger partial charge in [0, 0.05) is 78.3 Å². The van der Waals surface area contributed by atoms with E-state index in [2.05, 4.69) is 48.4 Å². The maximum atomic E-state index is 13.1. The van der Waals surface area contributed by atoms with Gasteiger partial charge in [0.2, 0.25) is 5.91 Å². The van der Waals surface area contributed by atoms with Gasteiger partial charge in [0.15, 0.2) is 0 Å². The lowest BCUT2D eigenvalue weighted by Crippen LogP contribution is -2.49. The zero-order valence-corrected chi connectivity index (χ0v) is 47.3. The Morgan fingerprint density at radius 3 is 1.27 bits per heavy atom. The average molecular weight is 1060 g/mol. The van der Waals surface area contributed by atoms with Gasteiger partial charge in [0.25, 0.3) is 0 Å². The van der Waals surface area contributed by atoms with Crippen molar-refractivity contribution in [3.05, 3.63) is 24.3 Å². The number of amides is 1. The molecule has 0 aliphatic carbocycles. The Morgan fingerprint density at radius 2 is 0.840 bits per heavy atom. The zero-order valence-electron chi connectivity index (χ0n) is 47.3. The molecule has 0 saturated carbocycles. The van der Waals surface area contributed by atoms with E-state index < -0.39 is 24.0 Å². The molecule has 1 aliphatic rings. The molecule has 1 rings (SSSR count). The Hall–Kier alpha value is -3.90. The lowest BCUT2D eigenvalue weighted by molar-refractivity contribution is -0.160. The minimum atomic E-state index is -1.01. The summed E-state index contributed by atoms with van der Waals surface area (Å²) in [6.07, 6.45) is 38.2. The number of carbonyl (C=O) groups excluding carboxylic acids is 3. The van der Waals surface area contributed by atoms with E-state index in [9.17, 15) is 44.1 Å². The Kier molecular flexibility index (Phi) is 44.7. The number of carbonyl (C=O) groups is 6. The van der Waals surface area contributed by atoms with Gasteiger partial charge >= 0.3 is 29.8 Å². The Balaban J connectivity index is 2.58. The number of nitrogens with zero attached hydrogens (tertiary/aromatic N) is 5. The summed E-state index contributed by atoms with van der Waals surface area (Å²) in [4.78, 5) is 82.9. The molecule has 1 saturated heterocycles. The van der Waals surface area contributed by atoms with Gasteiger partial charge < -0.3 is 35.0 Å². The van der Waals surface area contributed by atoms with Crippen LogP contribution in [-0.2, 0) is 38.2 Å². The van der Waals surface area contributed by atoms with Gasteiger partial charge in [0.1, 0.15) is 12.7 Å². The molecule has 1 fully saturated rings. The number of carboxylic acids is 3. The SMILES string of the molecule is CCCCCC/C=C/CCCCCCCC(=O)OCC(CN(C)CCCCCCNC(=O)CN1CCN(CC(=O)O)CCN(CC(=O)O)CCN(CC(=O)O)CC1)OC(=O)CCCCCCC/C=C/CCCCCC. The smallest absolute Gasteiger partial charge is 0.317 e. The van der Waals surface area contributed by atoms with Crippen LogP contribution < -0.4 is 5.32 Å². The first kappa shape index (κ1) is 69.1. The molecule has 1 atom stereocenters. The number of nitrogens with one attached hydrogen (secondary N) is 1. The van der Waals surface area contributed by atoms with Crippen molar-refractivity contribution in [1.82, 2.24) is 29.8 Å². The van der Waals surface area contributed by atoms with E-state index in [1.807, 2.05) is 11.9 Å². The van der Waals surface area contributed by atoms with Gasteiger partial charge in [-0.25, -0.2) is 0 Å². The fourth-order valence-electron chi connectivity index (χ4n) is 9.17. The first-order valence-electron chi connectivity index (χ1n) is 29.5. The maximum Gasteiger partial charge on any atom is 0.317 e. The number of allylic oxidation sites excluding steroid dienone is 4. The van der Waals surface area contributed by atoms with E-state index in [0.717, 1.165) is 96.4 Å². The molecular formula is C58H106N6O11. The highest BCUT2D eigenvalue weighted by Crippen LogP contribution is 2.13. The fraction of sp³-hybridized carbons (Fsp3) is 0.828. The van der Waals surface area contributed by atoms with Crippen LogP contribution in [0.25, 0.3) is 0 Å². The number of rotatable bonds is 46. The van der Waals surface area contributed by atoms with Crippen molar-refractivity contribution in [1.29, 1.82) is 0 Å². The van der Waals surface area contributed by atoms with Crippen LogP contribution in [0.15, 0.2) is 24.3 Å². The van der Waals surface area contributed by atoms with E-state index >= 15 is 0 Å². The first-order valence-corrected chi connectivity index (χ1v) is 29.5. The van der Waals surface area contributed by atoms with Gasteiger partial charge in [-0.15, -0.1) is 0 Å². The highest BCUT2D eigenvalue weighted by atomic mass is 16.6. The van der Waals surface area contributed by atoms with Crippen LogP contribution >= 0.6 is 0 Å². The molecular weight excluding hydrogens is 957 g/mol. The zero-order chi connectivity index (χ0) is 55.0. The molecule has 0 radical (unpaired) electrons. The predicted octanol–water partition coefficient (Wildman–Crippen LogP) is 9.04. The van der Waals surface area contributed by atoms with Gasteiger partial charge in [-0.1, -0.05) is 128 Å². The van der Waals surface area contributed by atoms with Gasteiger partial charge in [0.05, 0.1) is 26.2 Å². The van der Waals surface area contributed by atoms with Gasteiger partial charge in [-0.2, -0.15) is 0 Å². The van der Waals surface area contributed by atoms with E-state index in [1.54, 1.807) is 14.7 Å². The molecule has 1 unspecified atom stereocenters. The van der Waals surface area contributed by atoms with E-state index in [-0.39, 0.29) is 50.6 Å². The van der Waals surface area contributed by atoms with Crippen molar-refractivity contribution in [3.8, 4) is 0 Å². The third-order valence-electron chi connectivity index (χ3n) is 13.7. The molecule has 75 heavy (non-hydrogen) atoms. The maximum absolute atomic E-state index is 13.1. The predicted molar refractivity (Wildman–Crippen MR) is 299 cm³/mol. The van der Waals surface area contributed by atoms with Crippen LogP contribution in [0.5, 0.6) is 0 Å². The van der Waals surface area contributed by atoms with Crippen LogP contribution in [0.4, 0.5) is 0 Å². The standard InChI is InChI=1S/C58H106N6O11/c1-4-6-8-10-12-14-16-18-20-22-24-26-30-34-57(72)74-51-52(75-58(73)35-31-27-25-23-21-19-17-15-13-11-9-7-5-2)46-60(3)37-33-29-28-32-36-59-53(65)47-61-38-40-62(48-54(66)67)42-44-64(50-56(70)71)45-43-63(41-39-61)49-55(68)69/h14-17,52H,4-13,18-51H2,1-3H3,(H,59,65)(H,66,67)(H,68,69)(H,70,71)/b16-14+,17-15+. The monoisotopic (exact) mass is 1060 g/mol. The lowest BCUT2D eigenvalue weighted by Gasteiger charge is -2.32. The summed E-state index contributed by atoms with van der Waals surface area (Å²) in [6.45, 7) is 8.32. The van der Waals surface area contributed by atoms with E-state index in [0.29, 0.717) is 78.3 Å². The van der Waals surface area contributed by atoms with Crippen LogP contribution in [0.1, 0.15) is 194 Å². The summed E-state index contributed by atoms with van der Waals surface area (Å²) >= 11 is 0. The second-order valence-corrected chi connectivity index (χ2v) is 20.9. The molecule has 17 heteroatoms.